The fourth-order valence-electron chi connectivity index (χ4n) is 1.74. The van der Waals surface area contributed by atoms with Crippen molar-refractivity contribution < 1.29 is 4.52 Å². The summed E-state index contributed by atoms with van der Waals surface area (Å²) < 4.78 is 4.80. The first-order valence-corrected chi connectivity index (χ1v) is 5.86. The maximum absolute atomic E-state index is 4.80. The minimum absolute atomic E-state index is 0.311. The molecule has 1 N–H and O–H groups in total. The van der Waals surface area contributed by atoms with E-state index in [2.05, 4.69) is 49.4 Å². The molecule has 3 nitrogen and oxygen atoms in total. The van der Waals surface area contributed by atoms with Crippen LogP contribution >= 0.6 is 0 Å². The Labute approximate surface area is 102 Å². The van der Waals surface area contributed by atoms with Gasteiger partial charge in [-0.1, -0.05) is 23.4 Å². The highest BCUT2D eigenvalue weighted by Crippen LogP contribution is 2.17. The highest BCUT2D eigenvalue weighted by Gasteiger charge is 2.06. The fraction of sp³-hybridized carbons (Fsp3) is 0.357. The van der Waals surface area contributed by atoms with Crippen LogP contribution in [-0.2, 0) is 6.54 Å². The summed E-state index contributed by atoms with van der Waals surface area (Å²) in [5.74, 6) is 0. The molecule has 1 aromatic carbocycles. The van der Waals surface area contributed by atoms with Crippen LogP contribution in [0.2, 0.25) is 0 Å². The van der Waals surface area contributed by atoms with Gasteiger partial charge in [0.2, 0.25) is 0 Å². The molecule has 0 saturated heterocycles. The van der Waals surface area contributed by atoms with Crippen LogP contribution in [0.1, 0.15) is 35.3 Å². The number of rotatable bonds is 4. The fourth-order valence-corrected chi connectivity index (χ4v) is 1.74. The summed E-state index contributed by atoms with van der Waals surface area (Å²) in [6.45, 7) is 7.16. The van der Waals surface area contributed by atoms with Crippen molar-refractivity contribution in [3.63, 3.8) is 0 Å². The molecule has 3 heteroatoms. The maximum Gasteiger partial charge on any atom is 0.124 e. The van der Waals surface area contributed by atoms with Gasteiger partial charge in [-0.25, -0.2) is 0 Å². The zero-order valence-electron chi connectivity index (χ0n) is 10.5. The third kappa shape index (κ3) is 2.94. The summed E-state index contributed by atoms with van der Waals surface area (Å²) >= 11 is 0. The minimum Gasteiger partial charge on any atom is -0.364 e. The van der Waals surface area contributed by atoms with Gasteiger partial charge in [0, 0.05) is 18.7 Å². The van der Waals surface area contributed by atoms with E-state index < -0.39 is 0 Å². The highest BCUT2D eigenvalue weighted by atomic mass is 16.5. The van der Waals surface area contributed by atoms with Gasteiger partial charge in [0.25, 0.3) is 0 Å². The highest BCUT2D eigenvalue weighted by molar-refractivity contribution is 5.31. The van der Waals surface area contributed by atoms with E-state index in [9.17, 15) is 0 Å². The molecule has 90 valence electrons. The Hall–Kier alpha value is -1.61. The lowest BCUT2D eigenvalue weighted by Gasteiger charge is -2.14. The van der Waals surface area contributed by atoms with Gasteiger partial charge in [-0.2, -0.15) is 0 Å². The second kappa shape index (κ2) is 5.15. The maximum atomic E-state index is 4.80. The molecule has 1 aromatic heterocycles. The lowest BCUT2D eigenvalue weighted by Crippen LogP contribution is -2.18. The summed E-state index contributed by atoms with van der Waals surface area (Å²) in [5.41, 5.74) is 4.90. The van der Waals surface area contributed by atoms with Gasteiger partial charge in [0.1, 0.15) is 6.26 Å². The molecule has 0 bridgehead atoms. The zero-order valence-corrected chi connectivity index (χ0v) is 10.5. The van der Waals surface area contributed by atoms with Crippen LogP contribution in [0.15, 0.2) is 35.1 Å². The first-order valence-electron chi connectivity index (χ1n) is 5.86. The Morgan fingerprint density at radius 3 is 2.71 bits per heavy atom. The number of benzene rings is 1. The number of aryl methyl sites for hydroxylation is 2. The molecule has 2 rings (SSSR count). The van der Waals surface area contributed by atoms with Gasteiger partial charge < -0.3 is 9.84 Å². The summed E-state index contributed by atoms with van der Waals surface area (Å²) in [7, 11) is 0. The van der Waals surface area contributed by atoms with Gasteiger partial charge in [0.05, 0.1) is 5.69 Å². The van der Waals surface area contributed by atoms with Crippen molar-refractivity contribution in [1.29, 1.82) is 0 Å². The Kier molecular flexibility index (Phi) is 3.59. The standard InChI is InChI=1S/C14H18N2O/c1-10-4-5-13(8-11(10)2)12(3)15-9-14-6-7-17-16-14/h4-8,12,15H,9H2,1-3H3. The minimum atomic E-state index is 0.311. The monoisotopic (exact) mass is 230 g/mol. The van der Waals surface area contributed by atoms with Crippen LogP contribution in [0.4, 0.5) is 0 Å². The lowest BCUT2D eigenvalue weighted by atomic mass is 10.0. The van der Waals surface area contributed by atoms with Crippen molar-refractivity contribution in [2.75, 3.05) is 0 Å². The molecule has 0 aliphatic rings. The molecule has 1 heterocycles. The first kappa shape index (κ1) is 11.9. The molecule has 0 radical (unpaired) electrons. The summed E-state index contributed by atoms with van der Waals surface area (Å²) in [4.78, 5) is 0. The third-order valence-electron chi connectivity index (χ3n) is 3.11. The average Bonchev–Trinajstić information content (AvgIpc) is 2.82. The summed E-state index contributed by atoms with van der Waals surface area (Å²) in [6.07, 6.45) is 1.59. The van der Waals surface area contributed by atoms with Crippen LogP contribution in [0.3, 0.4) is 0 Å². The van der Waals surface area contributed by atoms with Crippen LogP contribution in [0, 0.1) is 13.8 Å². The third-order valence-corrected chi connectivity index (χ3v) is 3.11. The van der Waals surface area contributed by atoms with Crippen molar-refractivity contribution >= 4 is 0 Å². The number of hydrogen-bond acceptors (Lipinski definition) is 3. The molecule has 2 aromatic rings. The first-order chi connectivity index (χ1) is 8.16. The average molecular weight is 230 g/mol. The smallest absolute Gasteiger partial charge is 0.124 e. The van der Waals surface area contributed by atoms with Crippen LogP contribution in [0.25, 0.3) is 0 Å². The summed E-state index contributed by atoms with van der Waals surface area (Å²) in [5, 5.41) is 7.30. The number of nitrogens with one attached hydrogen (secondary N) is 1. The Morgan fingerprint density at radius 1 is 1.24 bits per heavy atom. The van der Waals surface area contributed by atoms with Gasteiger partial charge >= 0.3 is 0 Å². The largest absolute Gasteiger partial charge is 0.364 e. The molecule has 0 spiro atoms. The van der Waals surface area contributed by atoms with E-state index in [1.165, 1.54) is 16.7 Å². The van der Waals surface area contributed by atoms with Gasteiger partial charge in [-0.15, -0.1) is 0 Å². The van der Waals surface area contributed by atoms with E-state index in [4.69, 9.17) is 4.52 Å². The van der Waals surface area contributed by atoms with Gasteiger partial charge in [-0.3, -0.25) is 0 Å². The van der Waals surface area contributed by atoms with Crippen LogP contribution in [0.5, 0.6) is 0 Å². The second-order valence-corrected chi connectivity index (χ2v) is 4.44. The molecule has 17 heavy (non-hydrogen) atoms. The Morgan fingerprint density at radius 2 is 2.06 bits per heavy atom. The Bertz CT molecular complexity index is 477. The van der Waals surface area contributed by atoms with Gasteiger partial charge in [-0.05, 0) is 37.5 Å². The van der Waals surface area contributed by atoms with E-state index >= 15 is 0 Å². The van der Waals surface area contributed by atoms with Crippen molar-refractivity contribution in [3.8, 4) is 0 Å². The quantitative estimate of drug-likeness (QED) is 0.876. The van der Waals surface area contributed by atoms with Crippen molar-refractivity contribution in [3.05, 3.63) is 52.9 Å². The molecule has 0 fully saturated rings. The molecular weight excluding hydrogens is 212 g/mol. The molecule has 1 unspecified atom stereocenters. The molecule has 0 aliphatic carbocycles. The molecule has 0 amide bonds. The predicted octanol–water partition coefficient (Wildman–Crippen LogP) is 3.14. The molecule has 0 saturated carbocycles. The van der Waals surface area contributed by atoms with E-state index in [1.807, 2.05) is 6.07 Å². The van der Waals surface area contributed by atoms with E-state index in [1.54, 1.807) is 6.26 Å². The van der Waals surface area contributed by atoms with E-state index in [0.29, 0.717) is 6.04 Å². The predicted molar refractivity (Wildman–Crippen MR) is 67.7 cm³/mol. The molecule has 0 aliphatic heterocycles. The van der Waals surface area contributed by atoms with Crippen molar-refractivity contribution in [2.24, 2.45) is 0 Å². The topological polar surface area (TPSA) is 38.1 Å². The molecular formula is C14H18N2O. The SMILES string of the molecule is Cc1ccc(C(C)NCc2ccon2)cc1C. The Balaban J connectivity index is 1.99. The van der Waals surface area contributed by atoms with E-state index in [-0.39, 0.29) is 0 Å². The second-order valence-electron chi connectivity index (χ2n) is 4.44. The summed E-state index contributed by atoms with van der Waals surface area (Å²) in [6, 6.07) is 8.75. The van der Waals surface area contributed by atoms with Crippen LogP contribution in [-0.4, -0.2) is 5.16 Å². The lowest BCUT2D eigenvalue weighted by molar-refractivity contribution is 0.406. The van der Waals surface area contributed by atoms with Crippen LogP contribution < -0.4 is 5.32 Å². The number of nitrogens with zero attached hydrogens (tertiary/aromatic N) is 1. The van der Waals surface area contributed by atoms with Gasteiger partial charge in [0.15, 0.2) is 0 Å². The van der Waals surface area contributed by atoms with Crippen molar-refractivity contribution in [2.45, 2.75) is 33.4 Å². The number of aromatic nitrogens is 1. The normalized spacial score (nSPS) is 12.6. The molecule has 1 atom stereocenters. The van der Waals surface area contributed by atoms with E-state index in [0.717, 1.165) is 12.2 Å². The van der Waals surface area contributed by atoms with Crippen molar-refractivity contribution in [1.82, 2.24) is 10.5 Å². The zero-order chi connectivity index (χ0) is 12.3. The number of hydrogen-bond donors (Lipinski definition) is 1.